The van der Waals surface area contributed by atoms with Gasteiger partial charge in [-0.2, -0.15) is 0 Å². The van der Waals surface area contributed by atoms with Crippen LogP contribution in [0.25, 0.3) is 11.1 Å². The van der Waals surface area contributed by atoms with E-state index in [-0.39, 0.29) is 11.7 Å². The highest BCUT2D eigenvalue weighted by Crippen LogP contribution is 2.30. The molecule has 1 saturated heterocycles. The van der Waals surface area contributed by atoms with E-state index in [0.29, 0.717) is 24.0 Å². The van der Waals surface area contributed by atoms with E-state index in [0.717, 1.165) is 53.5 Å². The standard InChI is InChI=1S/C23H22FN5O2S/c24-17-7-5-15(6-8-17)13-25-21(30)23-28-27-20(32-23)14-29-11-9-16(10-12-29)22-26-18-3-1-2-4-19(18)31-22/h1-8,16H,9-14H2,(H,25,30). The molecule has 7 nitrogen and oxygen atoms in total. The van der Waals surface area contributed by atoms with E-state index < -0.39 is 0 Å². The predicted octanol–water partition coefficient (Wildman–Crippen LogP) is 4.13. The van der Waals surface area contributed by atoms with Gasteiger partial charge in [0.1, 0.15) is 16.3 Å². The third-order valence-corrected chi connectivity index (χ3v) is 6.54. The predicted molar refractivity (Wildman–Crippen MR) is 119 cm³/mol. The molecule has 1 N–H and O–H groups in total. The molecule has 0 unspecified atom stereocenters. The van der Waals surface area contributed by atoms with Crippen molar-refractivity contribution in [2.24, 2.45) is 0 Å². The quantitative estimate of drug-likeness (QED) is 0.475. The fraction of sp³-hybridized carbons (Fsp3) is 0.304. The molecule has 0 bridgehead atoms. The average molecular weight is 452 g/mol. The van der Waals surface area contributed by atoms with Gasteiger partial charge in [0.05, 0.1) is 6.54 Å². The van der Waals surface area contributed by atoms with E-state index in [1.165, 1.54) is 23.5 Å². The van der Waals surface area contributed by atoms with Crippen molar-refractivity contribution in [3.8, 4) is 0 Å². The number of carbonyl (C=O) groups excluding carboxylic acids is 1. The van der Waals surface area contributed by atoms with E-state index in [1.54, 1.807) is 12.1 Å². The summed E-state index contributed by atoms with van der Waals surface area (Å²) < 4.78 is 18.9. The van der Waals surface area contributed by atoms with Crippen LogP contribution in [0.1, 0.15) is 45.0 Å². The Morgan fingerprint density at radius 3 is 2.69 bits per heavy atom. The third kappa shape index (κ3) is 4.68. The topological polar surface area (TPSA) is 84.2 Å². The van der Waals surface area contributed by atoms with Gasteiger partial charge in [-0.25, -0.2) is 9.37 Å². The molecular weight excluding hydrogens is 429 g/mol. The number of benzene rings is 2. The largest absolute Gasteiger partial charge is 0.440 e. The Balaban J connectivity index is 1.12. The molecule has 0 atom stereocenters. The summed E-state index contributed by atoms with van der Waals surface area (Å²) in [6, 6.07) is 13.9. The highest BCUT2D eigenvalue weighted by atomic mass is 32.1. The van der Waals surface area contributed by atoms with Crippen molar-refractivity contribution < 1.29 is 13.6 Å². The number of nitrogens with zero attached hydrogens (tertiary/aromatic N) is 4. The van der Waals surface area contributed by atoms with Gasteiger partial charge in [0, 0.05) is 12.5 Å². The van der Waals surface area contributed by atoms with Crippen molar-refractivity contribution in [3.05, 3.63) is 75.8 Å². The number of halogens is 1. The molecule has 1 aliphatic rings. The summed E-state index contributed by atoms with van der Waals surface area (Å²) in [5, 5.41) is 12.2. The second-order valence-electron chi connectivity index (χ2n) is 7.88. The van der Waals surface area contributed by atoms with Gasteiger partial charge in [0.2, 0.25) is 5.01 Å². The van der Waals surface area contributed by atoms with Gasteiger partial charge in [-0.1, -0.05) is 35.6 Å². The molecule has 4 aromatic rings. The van der Waals surface area contributed by atoms with Gasteiger partial charge in [-0.15, -0.1) is 10.2 Å². The number of rotatable bonds is 6. The van der Waals surface area contributed by atoms with Crippen LogP contribution in [0.2, 0.25) is 0 Å². The lowest BCUT2D eigenvalue weighted by Gasteiger charge is -2.29. The number of fused-ring (bicyclic) bond motifs is 1. The van der Waals surface area contributed by atoms with Crippen LogP contribution in [-0.2, 0) is 13.1 Å². The fourth-order valence-corrected chi connectivity index (χ4v) is 4.66. The number of likely N-dealkylation sites (tertiary alicyclic amines) is 1. The Morgan fingerprint density at radius 1 is 1.12 bits per heavy atom. The van der Waals surface area contributed by atoms with Crippen LogP contribution in [0.5, 0.6) is 0 Å². The van der Waals surface area contributed by atoms with Gasteiger partial charge in [0.15, 0.2) is 11.5 Å². The number of hydrogen-bond donors (Lipinski definition) is 1. The lowest BCUT2D eigenvalue weighted by Crippen LogP contribution is -2.32. The smallest absolute Gasteiger partial charge is 0.282 e. The number of aromatic nitrogens is 3. The number of oxazole rings is 1. The molecule has 1 aliphatic heterocycles. The van der Waals surface area contributed by atoms with Crippen molar-refractivity contribution in [1.82, 2.24) is 25.4 Å². The molecule has 2 aromatic carbocycles. The van der Waals surface area contributed by atoms with Gasteiger partial charge in [-0.3, -0.25) is 9.69 Å². The Kier molecular flexibility index (Phi) is 5.91. The van der Waals surface area contributed by atoms with Crippen LogP contribution in [0.4, 0.5) is 4.39 Å². The van der Waals surface area contributed by atoms with E-state index in [9.17, 15) is 9.18 Å². The molecule has 1 fully saturated rings. The molecule has 1 amide bonds. The summed E-state index contributed by atoms with van der Waals surface area (Å²) in [6.07, 6.45) is 1.94. The summed E-state index contributed by atoms with van der Waals surface area (Å²) in [7, 11) is 0. The second-order valence-corrected chi connectivity index (χ2v) is 8.94. The molecule has 0 saturated carbocycles. The molecule has 0 aliphatic carbocycles. The number of para-hydroxylation sites is 2. The molecule has 0 radical (unpaired) electrons. The Labute approximate surface area is 188 Å². The maximum Gasteiger partial charge on any atom is 0.282 e. The maximum atomic E-state index is 13.0. The van der Waals surface area contributed by atoms with Crippen LogP contribution < -0.4 is 5.32 Å². The van der Waals surface area contributed by atoms with Crippen LogP contribution >= 0.6 is 11.3 Å². The zero-order valence-corrected chi connectivity index (χ0v) is 18.1. The van der Waals surface area contributed by atoms with Gasteiger partial charge in [0.25, 0.3) is 5.91 Å². The van der Waals surface area contributed by atoms with E-state index in [1.807, 2.05) is 24.3 Å². The number of hydrogen-bond acceptors (Lipinski definition) is 7. The molecule has 9 heteroatoms. The lowest BCUT2D eigenvalue weighted by atomic mass is 9.97. The summed E-state index contributed by atoms with van der Waals surface area (Å²) >= 11 is 1.31. The SMILES string of the molecule is O=C(NCc1ccc(F)cc1)c1nnc(CN2CCC(c3nc4ccccc4o3)CC2)s1. The Hall–Kier alpha value is -3.17. The summed E-state index contributed by atoms with van der Waals surface area (Å²) in [5.74, 6) is 0.571. The first-order chi connectivity index (χ1) is 15.6. The lowest BCUT2D eigenvalue weighted by molar-refractivity contribution is 0.0950. The number of amides is 1. The minimum absolute atomic E-state index is 0.271. The normalized spacial score (nSPS) is 15.3. The minimum Gasteiger partial charge on any atom is -0.440 e. The Morgan fingerprint density at radius 2 is 1.91 bits per heavy atom. The summed E-state index contributed by atoms with van der Waals surface area (Å²) in [4.78, 5) is 19.3. The second kappa shape index (κ2) is 9.13. The monoisotopic (exact) mass is 451 g/mol. The molecule has 3 heterocycles. The Bertz CT molecular complexity index is 1180. The molecule has 32 heavy (non-hydrogen) atoms. The van der Waals surface area contributed by atoms with E-state index in [4.69, 9.17) is 4.42 Å². The number of carbonyl (C=O) groups is 1. The molecule has 164 valence electrons. The molecule has 0 spiro atoms. The molecule has 5 rings (SSSR count). The number of piperidine rings is 1. The fourth-order valence-electron chi connectivity index (χ4n) is 3.86. The van der Waals surface area contributed by atoms with Crippen LogP contribution in [0.3, 0.4) is 0 Å². The first-order valence-corrected chi connectivity index (χ1v) is 11.4. The first-order valence-electron chi connectivity index (χ1n) is 10.6. The number of nitrogens with one attached hydrogen (secondary N) is 1. The van der Waals surface area contributed by atoms with Crippen molar-refractivity contribution in [1.29, 1.82) is 0 Å². The average Bonchev–Trinajstić information content (AvgIpc) is 3.46. The maximum absolute atomic E-state index is 13.0. The van der Waals surface area contributed by atoms with Gasteiger partial charge in [-0.05, 0) is 55.8 Å². The highest BCUT2D eigenvalue weighted by molar-refractivity contribution is 7.13. The third-order valence-electron chi connectivity index (χ3n) is 5.63. The van der Waals surface area contributed by atoms with Crippen molar-refractivity contribution in [2.45, 2.75) is 31.8 Å². The van der Waals surface area contributed by atoms with Crippen LogP contribution in [-0.4, -0.2) is 39.1 Å². The van der Waals surface area contributed by atoms with E-state index in [2.05, 4.69) is 25.4 Å². The van der Waals surface area contributed by atoms with Gasteiger partial charge < -0.3 is 9.73 Å². The van der Waals surface area contributed by atoms with E-state index >= 15 is 0 Å². The summed E-state index contributed by atoms with van der Waals surface area (Å²) in [5.41, 5.74) is 2.57. The molecular formula is C23H22FN5O2S. The minimum atomic E-state index is -0.299. The zero-order valence-electron chi connectivity index (χ0n) is 17.3. The first kappa shape index (κ1) is 20.7. The highest BCUT2D eigenvalue weighted by Gasteiger charge is 2.25. The van der Waals surface area contributed by atoms with Crippen molar-refractivity contribution in [3.63, 3.8) is 0 Å². The van der Waals surface area contributed by atoms with Crippen molar-refractivity contribution >= 4 is 28.3 Å². The van der Waals surface area contributed by atoms with Crippen molar-refractivity contribution in [2.75, 3.05) is 13.1 Å². The molecule has 2 aromatic heterocycles. The zero-order chi connectivity index (χ0) is 21.9. The van der Waals surface area contributed by atoms with Crippen LogP contribution in [0.15, 0.2) is 52.9 Å². The summed E-state index contributed by atoms with van der Waals surface area (Å²) in [6.45, 7) is 2.81. The van der Waals surface area contributed by atoms with Gasteiger partial charge >= 0.3 is 0 Å². The van der Waals surface area contributed by atoms with Crippen LogP contribution in [0, 0.1) is 5.82 Å².